The van der Waals surface area contributed by atoms with Crippen molar-refractivity contribution in [2.24, 2.45) is 5.73 Å². The zero-order chi connectivity index (χ0) is 14.7. The van der Waals surface area contributed by atoms with Crippen molar-refractivity contribution < 1.29 is 0 Å². The van der Waals surface area contributed by atoms with Gasteiger partial charge in [0.2, 0.25) is 0 Å². The molecular weight excluding hydrogens is 352 g/mol. The highest BCUT2D eigenvalue weighted by Gasteiger charge is 2.11. The van der Waals surface area contributed by atoms with Gasteiger partial charge in [-0.15, -0.1) is 11.8 Å². The minimum absolute atomic E-state index is 0.404. The predicted octanol–water partition coefficient (Wildman–Crippen LogP) is 4.86. The van der Waals surface area contributed by atoms with Gasteiger partial charge in [-0.25, -0.2) is 0 Å². The third-order valence-electron chi connectivity index (χ3n) is 2.88. The smallest absolute Gasteiger partial charge is 0.107 e. The number of thiocarbonyl (C=S) groups is 1. The molecule has 0 amide bonds. The standard InChI is InChI=1S/C15H15BrN2S2/c1-9-6-7-10(16)12(8-9)18-11-4-3-5-13(20-2)14(11)15(17)19/h3-8,18H,1-2H3,(H2,17,19). The fourth-order valence-corrected chi connectivity index (χ4v) is 3.21. The molecule has 104 valence electrons. The Hall–Kier alpha value is -1.04. The molecule has 2 nitrogen and oxygen atoms in total. The van der Waals surface area contributed by atoms with Crippen LogP contribution >= 0.6 is 39.9 Å². The summed E-state index contributed by atoms with van der Waals surface area (Å²) >= 11 is 10.4. The topological polar surface area (TPSA) is 38.0 Å². The van der Waals surface area contributed by atoms with E-state index >= 15 is 0 Å². The van der Waals surface area contributed by atoms with Gasteiger partial charge >= 0.3 is 0 Å². The monoisotopic (exact) mass is 366 g/mol. The van der Waals surface area contributed by atoms with Crippen molar-refractivity contribution >= 4 is 56.3 Å². The number of nitrogens with one attached hydrogen (secondary N) is 1. The van der Waals surface area contributed by atoms with Crippen LogP contribution in [0.5, 0.6) is 0 Å². The minimum atomic E-state index is 0.404. The Morgan fingerprint density at radius 2 is 2.00 bits per heavy atom. The quantitative estimate of drug-likeness (QED) is 0.598. The molecule has 0 spiro atoms. The Kier molecular flexibility index (Phi) is 5.07. The van der Waals surface area contributed by atoms with Crippen molar-refractivity contribution in [3.8, 4) is 0 Å². The van der Waals surface area contributed by atoms with Crippen LogP contribution in [0.15, 0.2) is 45.8 Å². The molecule has 0 aliphatic carbocycles. The van der Waals surface area contributed by atoms with E-state index in [0.717, 1.165) is 26.3 Å². The number of rotatable bonds is 4. The normalized spacial score (nSPS) is 10.3. The lowest BCUT2D eigenvalue weighted by Gasteiger charge is -2.15. The molecule has 0 aromatic heterocycles. The molecule has 0 aliphatic rings. The van der Waals surface area contributed by atoms with Gasteiger partial charge in [0.05, 0.1) is 5.69 Å². The Labute approximate surface area is 137 Å². The summed E-state index contributed by atoms with van der Waals surface area (Å²) in [6.45, 7) is 2.06. The zero-order valence-corrected chi connectivity index (χ0v) is 14.5. The molecule has 0 unspecified atom stereocenters. The van der Waals surface area contributed by atoms with Gasteiger partial charge in [0, 0.05) is 20.6 Å². The fraction of sp³-hybridized carbons (Fsp3) is 0.133. The summed E-state index contributed by atoms with van der Waals surface area (Å²) in [6, 6.07) is 12.2. The second-order valence-electron chi connectivity index (χ2n) is 4.36. The van der Waals surface area contributed by atoms with Gasteiger partial charge in [0.25, 0.3) is 0 Å². The summed E-state index contributed by atoms with van der Waals surface area (Å²) in [5, 5.41) is 3.41. The third-order valence-corrected chi connectivity index (χ3v) is 4.56. The Bertz CT molecular complexity index is 656. The third kappa shape index (κ3) is 3.34. The molecule has 20 heavy (non-hydrogen) atoms. The molecule has 2 rings (SSSR count). The molecule has 0 bridgehead atoms. The second-order valence-corrected chi connectivity index (χ2v) is 6.50. The molecule has 5 heteroatoms. The molecular formula is C15H15BrN2S2. The van der Waals surface area contributed by atoms with Crippen LogP contribution in [-0.2, 0) is 0 Å². The Balaban J connectivity index is 2.48. The van der Waals surface area contributed by atoms with Crippen molar-refractivity contribution in [2.45, 2.75) is 11.8 Å². The lowest BCUT2D eigenvalue weighted by atomic mass is 10.1. The zero-order valence-electron chi connectivity index (χ0n) is 11.2. The number of aryl methyl sites for hydroxylation is 1. The van der Waals surface area contributed by atoms with Crippen LogP contribution < -0.4 is 11.1 Å². The number of hydrogen-bond acceptors (Lipinski definition) is 3. The minimum Gasteiger partial charge on any atom is -0.389 e. The van der Waals surface area contributed by atoms with Crippen molar-refractivity contribution in [3.63, 3.8) is 0 Å². The van der Waals surface area contributed by atoms with Crippen LogP contribution in [-0.4, -0.2) is 11.2 Å². The summed E-state index contributed by atoms with van der Waals surface area (Å²) in [5.74, 6) is 0. The van der Waals surface area contributed by atoms with Crippen LogP contribution in [0.1, 0.15) is 11.1 Å². The number of hydrogen-bond donors (Lipinski definition) is 2. The van der Waals surface area contributed by atoms with Crippen LogP contribution in [0.25, 0.3) is 0 Å². The largest absolute Gasteiger partial charge is 0.389 e. The number of benzene rings is 2. The van der Waals surface area contributed by atoms with E-state index in [1.807, 2.05) is 30.5 Å². The van der Waals surface area contributed by atoms with Crippen molar-refractivity contribution in [1.82, 2.24) is 0 Å². The van der Waals surface area contributed by atoms with Gasteiger partial charge in [-0.2, -0.15) is 0 Å². The maximum Gasteiger partial charge on any atom is 0.107 e. The van der Waals surface area contributed by atoms with Crippen molar-refractivity contribution in [2.75, 3.05) is 11.6 Å². The van der Waals surface area contributed by atoms with E-state index in [4.69, 9.17) is 18.0 Å². The molecule has 0 radical (unpaired) electrons. The van der Waals surface area contributed by atoms with Gasteiger partial charge in [0.15, 0.2) is 0 Å². The van der Waals surface area contributed by atoms with Crippen LogP contribution in [0.4, 0.5) is 11.4 Å². The van der Waals surface area contributed by atoms with Crippen LogP contribution in [0.3, 0.4) is 0 Å². The van der Waals surface area contributed by atoms with Crippen LogP contribution in [0, 0.1) is 6.92 Å². The lowest BCUT2D eigenvalue weighted by Crippen LogP contribution is -2.13. The van der Waals surface area contributed by atoms with Crippen molar-refractivity contribution in [1.29, 1.82) is 0 Å². The highest BCUT2D eigenvalue weighted by atomic mass is 79.9. The summed E-state index contributed by atoms with van der Waals surface area (Å²) in [4.78, 5) is 1.48. The maximum atomic E-state index is 5.88. The Morgan fingerprint density at radius 3 is 2.65 bits per heavy atom. The molecule has 0 fully saturated rings. The van der Waals surface area contributed by atoms with Gasteiger partial charge < -0.3 is 11.1 Å². The number of halogens is 1. The van der Waals surface area contributed by atoms with Gasteiger partial charge in [-0.3, -0.25) is 0 Å². The first kappa shape index (κ1) is 15.4. The van der Waals surface area contributed by atoms with Crippen molar-refractivity contribution in [3.05, 3.63) is 52.0 Å². The van der Waals surface area contributed by atoms with E-state index in [1.54, 1.807) is 11.8 Å². The lowest BCUT2D eigenvalue weighted by molar-refractivity contribution is 1.38. The summed E-state index contributed by atoms with van der Waals surface area (Å²) < 4.78 is 1.01. The SMILES string of the molecule is CSc1cccc(Nc2cc(C)ccc2Br)c1C(N)=S. The van der Waals surface area contributed by atoms with E-state index in [9.17, 15) is 0 Å². The molecule has 0 saturated carbocycles. The molecule has 0 saturated heterocycles. The van der Waals surface area contributed by atoms with E-state index in [1.165, 1.54) is 5.56 Å². The second kappa shape index (κ2) is 6.61. The van der Waals surface area contributed by atoms with E-state index in [0.29, 0.717) is 4.99 Å². The first-order valence-electron chi connectivity index (χ1n) is 6.03. The van der Waals surface area contributed by atoms with Gasteiger partial charge in [0.1, 0.15) is 4.99 Å². The molecule has 2 aromatic rings. The van der Waals surface area contributed by atoms with E-state index < -0.39 is 0 Å². The van der Waals surface area contributed by atoms with Gasteiger partial charge in [-0.1, -0.05) is 24.4 Å². The van der Waals surface area contributed by atoms with E-state index in [-0.39, 0.29) is 0 Å². The molecule has 0 aliphatic heterocycles. The average Bonchev–Trinajstić information content (AvgIpc) is 2.42. The highest BCUT2D eigenvalue weighted by Crippen LogP contribution is 2.32. The maximum absolute atomic E-state index is 5.88. The van der Waals surface area contributed by atoms with Gasteiger partial charge in [-0.05, 0) is 58.9 Å². The summed E-state index contributed by atoms with van der Waals surface area (Å²) in [5.41, 5.74) is 9.89. The molecule has 0 heterocycles. The van der Waals surface area contributed by atoms with E-state index in [2.05, 4.69) is 40.3 Å². The first-order chi connectivity index (χ1) is 9.52. The predicted molar refractivity (Wildman–Crippen MR) is 96.3 cm³/mol. The van der Waals surface area contributed by atoms with Crippen LogP contribution in [0.2, 0.25) is 0 Å². The summed E-state index contributed by atoms with van der Waals surface area (Å²) in [7, 11) is 0. The first-order valence-corrected chi connectivity index (χ1v) is 8.45. The number of anilines is 2. The number of nitrogens with two attached hydrogens (primary N) is 1. The molecule has 3 N–H and O–H groups in total. The Morgan fingerprint density at radius 1 is 1.25 bits per heavy atom. The number of thioether (sulfide) groups is 1. The summed E-state index contributed by atoms with van der Waals surface area (Å²) in [6.07, 6.45) is 2.02. The highest BCUT2D eigenvalue weighted by molar-refractivity contribution is 9.10. The average molecular weight is 367 g/mol. The molecule has 0 atom stereocenters. The fourth-order valence-electron chi connectivity index (χ4n) is 1.94. The molecule has 2 aromatic carbocycles.